The van der Waals surface area contributed by atoms with Crippen molar-refractivity contribution in [2.45, 2.75) is 11.8 Å². The van der Waals surface area contributed by atoms with Crippen LogP contribution in [0.3, 0.4) is 0 Å². The molecule has 0 aliphatic rings. The van der Waals surface area contributed by atoms with Gasteiger partial charge in [-0.25, -0.2) is 12.7 Å². The number of aromatic amines is 2. The molecular formula is C13H15N3O6S. The summed E-state index contributed by atoms with van der Waals surface area (Å²) in [4.78, 5) is 37.9. The first-order valence-electron chi connectivity index (χ1n) is 6.58. The fraction of sp³-hybridized carbons (Fsp3) is 0.308. The molecule has 9 nitrogen and oxygen atoms in total. The van der Waals surface area contributed by atoms with Crippen LogP contribution in [-0.2, 0) is 14.8 Å². The van der Waals surface area contributed by atoms with Crippen LogP contribution in [0.5, 0.6) is 0 Å². The number of carbonyl (C=O) groups is 1. The number of carboxylic acid groups (broad SMARTS) is 1. The summed E-state index contributed by atoms with van der Waals surface area (Å²) >= 11 is 0. The number of carboxylic acids is 1. The van der Waals surface area contributed by atoms with Crippen molar-refractivity contribution in [1.82, 2.24) is 14.3 Å². The maximum absolute atomic E-state index is 12.5. The van der Waals surface area contributed by atoms with Gasteiger partial charge in [-0.3, -0.25) is 14.4 Å². The zero-order valence-electron chi connectivity index (χ0n) is 12.4. The minimum absolute atomic E-state index is 0.118. The van der Waals surface area contributed by atoms with E-state index in [-0.39, 0.29) is 22.5 Å². The third-order valence-electron chi connectivity index (χ3n) is 3.35. The number of aromatic nitrogens is 2. The zero-order chi connectivity index (χ0) is 17.4. The molecular weight excluding hydrogens is 326 g/mol. The van der Waals surface area contributed by atoms with Gasteiger partial charge in [0.1, 0.15) is 0 Å². The largest absolute Gasteiger partial charge is 0.481 e. The van der Waals surface area contributed by atoms with E-state index in [4.69, 9.17) is 5.11 Å². The highest BCUT2D eigenvalue weighted by molar-refractivity contribution is 7.89. The average molecular weight is 341 g/mol. The van der Waals surface area contributed by atoms with Crippen molar-refractivity contribution in [3.8, 4) is 0 Å². The van der Waals surface area contributed by atoms with Gasteiger partial charge in [0.2, 0.25) is 10.0 Å². The molecule has 0 radical (unpaired) electrons. The molecule has 0 aliphatic heterocycles. The van der Waals surface area contributed by atoms with E-state index in [9.17, 15) is 22.8 Å². The minimum Gasteiger partial charge on any atom is -0.481 e. The van der Waals surface area contributed by atoms with Gasteiger partial charge in [0, 0.05) is 13.6 Å². The lowest BCUT2D eigenvalue weighted by molar-refractivity contribution is -0.141. The summed E-state index contributed by atoms with van der Waals surface area (Å²) in [5.74, 6) is -1.97. The zero-order valence-corrected chi connectivity index (χ0v) is 13.2. The van der Waals surface area contributed by atoms with E-state index in [1.807, 2.05) is 0 Å². The number of fused-ring (bicyclic) bond motifs is 1. The second kappa shape index (κ2) is 5.97. The average Bonchev–Trinajstić information content (AvgIpc) is 2.47. The van der Waals surface area contributed by atoms with Crippen molar-refractivity contribution in [3.05, 3.63) is 38.9 Å². The van der Waals surface area contributed by atoms with Gasteiger partial charge in [0.15, 0.2) is 0 Å². The molecule has 1 aromatic carbocycles. The summed E-state index contributed by atoms with van der Waals surface area (Å²) in [7, 11) is -2.65. The maximum atomic E-state index is 12.5. The van der Waals surface area contributed by atoms with Crippen LogP contribution in [0, 0.1) is 5.92 Å². The van der Waals surface area contributed by atoms with Crippen LogP contribution in [0.2, 0.25) is 0 Å². The van der Waals surface area contributed by atoms with Crippen molar-refractivity contribution in [2.24, 2.45) is 5.92 Å². The quantitative estimate of drug-likeness (QED) is 0.630. The Morgan fingerprint density at radius 2 is 1.78 bits per heavy atom. The Morgan fingerprint density at radius 3 is 2.35 bits per heavy atom. The minimum atomic E-state index is -3.93. The maximum Gasteiger partial charge on any atom is 0.314 e. The second-order valence-electron chi connectivity index (χ2n) is 5.14. The number of aliphatic carboxylic acids is 1. The highest BCUT2D eigenvalue weighted by atomic mass is 32.2. The van der Waals surface area contributed by atoms with Crippen molar-refractivity contribution >= 4 is 27.0 Å². The number of rotatable bonds is 5. The van der Waals surface area contributed by atoms with Crippen LogP contribution in [0.15, 0.2) is 32.7 Å². The van der Waals surface area contributed by atoms with E-state index >= 15 is 0 Å². The molecule has 0 fully saturated rings. The monoisotopic (exact) mass is 341 g/mol. The molecule has 23 heavy (non-hydrogen) atoms. The van der Waals surface area contributed by atoms with Crippen LogP contribution < -0.4 is 11.1 Å². The van der Waals surface area contributed by atoms with Crippen molar-refractivity contribution in [2.75, 3.05) is 13.6 Å². The number of hydrogen-bond donors (Lipinski definition) is 3. The Labute approximate surface area is 130 Å². The Bertz CT molecular complexity index is 975. The van der Waals surface area contributed by atoms with Crippen LogP contribution in [0.1, 0.15) is 6.92 Å². The summed E-state index contributed by atoms with van der Waals surface area (Å²) in [5.41, 5.74) is -1.27. The molecule has 0 saturated carbocycles. The third kappa shape index (κ3) is 3.32. The first-order chi connectivity index (χ1) is 10.6. The SMILES string of the molecule is CC(CN(C)S(=O)(=O)c1ccc2[nH]c(=O)c(=O)[nH]c2c1)C(=O)O. The molecule has 10 heteroatoms. The van der Waals surface area contributed by atoms with E-state index in [2.05, 4.69) is 9.97 Å². The Hall–Kier alpha value is -2.46. The van der Waals surface area contributed by atoms with E-state index < -0.39 is 33.0 Å². The molecule has 1 unspecified atom stereocenters. The first-order valence-corrected chi connectivity index (χ1v) is 8.02. The lowest BCUT2D eigenvalue weighted by Crippen LogP contribution is -2.34. The smallest absolute Gasteiger partial charge is 0.314 e. The number of hydrogen-bond acceptors (Lipinski definition) is 5. The summed E-state index contributed by atoms with van der Waals surface area (Å²) in [6.07, 6.45) is 0. The third-order valence-corrected chi connectivity index (χ3v) is 5.17. The molecule has 3 N–H and O–H groups in total. The molecule has 0 spiro atoms. The standard InChI is InChI=1S/C13H15N3O6S/c1-7(13(19)20)6-16(2)23(21,22)8-3-4-9-10(5-8)15-12(18)11(17)14-9/h3-5,7H,6H2,1-2H3,(H,14,17)(H,15,18)(H,19,20). The fourth-order valence-corrected chi connectivity index (χ4v) is 3.28. The highest BCUT2D eigenvalue weighted by Crippen LogP contribution is 2.18. The van der Waals surface area contributed by atoms with Gasteiger partial charge in [0.05, 0.1) is 21.8 Å². The summed E-state index contributed by atoms with van der Waals surface area (Å²) < 4.78 is 25.8. The molecule has 0 bridgehead atoms. The number of benzene rings is 1. The van der Waals surface area contributed by atoms with E-state index in [1.54, 1.807) is 0 Å². The van der Waals surface area contributed by atoms with Gasteiger partial charge >= 0.3 is 17.1 Å². The van der Waals surface area contributed by atoms with E-state index in [1.165, 1.54) is 32.2 Å². The molecule has 1 atom stereocenters. The molecule has 124 valence electrons. The normalized spacial score (nSPS) is 13.3. The van der Waals surface area contributed by atoms with Crippen molar-refractivity contribution < 1.29 is 18.3 Å². The van der Waals surface area contributed by atoms with Crippen LogP contribution in [0.25, 0.3) is 11.0 Å². The number of sulfonamides is 1. The lowest BCUT2D eigenvalue weighted by Gasteiger charge is -2.19. The van der Waals surface area contributed by atoms with Crippen LogP contribution in [0.4, 0.5) is 0 Å². The molecule has 1 heterocycles. The Kier molecular flexibility index (Phi) is 4.39. The molecule has 0 saturated heterocycles. The molecule has 2 rings (SSSR count). The van der Waals surface area contributed by atoms with E-state index in [0.29, 0.717) is 0 Å². The van der Waals surface area contributed by atoms with Gasteiger partial charge in [-0.05, 0) is 18.2 Å². The highest BCUT2D eigenvalue weighted by Gasteiger charge is 2.25. The lowest BCUT2D eigenvalue weighted by atomic mass is 10.2. The fourth-order valence-electron chi connectivity index (χ4n) is 2.00. The van der Waals surface area contributed by atoms with Crippen LogP contribution in [-0.4, -0.2) is 47.4 Å². The van der Waals surface area contributed by atoms with Crippen molar-refractivity contribution in [3.63, 3.8) is 0 Å². The summed E-state index contributed by atoms with van der Waals surface area (Å²) in [6.45, 7) is 1.20. The van der Waals surface area contributed by atoms with Crippen LogP contribution >= 0.6 is 0 Å². The number of nitrogens with one attached hydrogen (secondary N) is 2. The predicted octanol–water partition coefficient (Wildman–Crippen LogP) is -0.442. The molecule has 2 aromatic rings. The van der Waals surface area contributed by atoms with Crippen molar-refractivity contribution in [1.29, 1.82) is 0 Å². The molecule has 1 aromatic heterocycles. The predicted molar refractivity (Wildman–Crippen MR) is 81.8 cm³/mol. The van der Waals surface area contributed by atoms with Gasteiger partial charge in [-0.2, -0.15) is 0 Å². The number of nitrogens with zero attached hydrogens (tertiary/aromatic N) is 1. The molecule has 0 aliphatic carbocycles. The van der Waals surface area contributed by atoms with Gasteiger partial charge in [0.25, 0.3) is 0 Å². The Balaban J connectivity index is 2.45. The topological polar surface area (TPSA) is 140 Å². The first kappa shape index (κ1) is 16.9. The van der Waals surface area contributed by atoms with E-state index in [0.717, 1.165) is 4.31 Å². The number of H-pyrrole nitrogens is 2. The Morgan fingerprint density at radius 1 is 1.22 bits per heavy atom. The summed E-state index contributed by atoms with van der Waals surface area (Å²) in [6, 6.07) is 3.84. The molecule has 0 amide bonds. The summed E-state index contributed by atoms with van der Waals surface area (Å²) in [5, 5.41) is 8.87. The van der Waals surface area contributed by atoms with Gasteiger partial charge in [-0.15, -0.1) is 0 Å². The second-order valence-corrected chi connectivity index (χ2v) is 7.19. The van der Waals surface area contributed by atoms with Gasteiger partial charge in [-0.1, -0.05) is 6.92 Å². The van der Waals surface area contributed by atoms with Gasteiger partial charge < -0.3 is 15.1 Å².